The Kier molecular flexibility index (Phi) is 6.79. The molecule has 0 aliphatic rings. The number of rotatable bonds is 9. The number of thioether (sulfide) groups is 1. The summed E-state index contributed by atoms with van der Waals surface area (Å²) in [5.41, 5.74) is 1.62. The van der Waals surface area contributed by atoms with Crippen LogP contribution in [0.1, 0.15) is 21.7 Å². The number of ether oxygens (including phenoxy) is 1. The summed E-state index contributed by atoms with van der Waals surface area (Å²) in [6.45, 7) is 1.03. The van der Waals surface area contributed by atoms with Gasteiger partial charge in [-0.05, 0) is 29.8 Å². The van der Waals surface area contributed by atoms with Gasteiger partial charge in [-0.25, -0.2) is 0 Å². The summed E-state index contributed by atoms with van der Waals surface area (Å²) in [6.07, 6.45) is 1.67. The predicted molar refractivity (Wildman–Crippen MR) is 104 cm³/mol. The van der Waals surface area contributed by atoms with Crippen LogP contribution < -0.4 is 10.1 Å². The second-order valence-corrected chi connectivity index (χ2v) is 6.76. The Morgan fingerprint density at radius 2 is 1.81 bits per heavy atom. The summed E-state index contributed by atoms with van der Waals surface area (Å²) in [7, 11) is 0. The maximum Gasteiger partial charge on any atom is 0.255 e. The monoisotopic (exact) mass is 367 g/mol. The number of carbonyl (C=O) groups excluding carboxylic acids is 1. The van der Waals surface area contributed by atoms with Gasteiger partial charge in [-0.1, -0.05) is 42.5 Å². The Bertz CT molecular complexity index is 803. The van der Waals surface area contributed by atoms with Crippen molar-refractivity contribution in [3.63, 3.8) is 0 Å². The number of hydrogen-bond donors (Lipinski definition) is 1. The van der Waals surface area contributed by atoms with E-state index in [9.17, 15) is 4.79 Å². The van der Waals surface area contributed by atoms with Gasteiger partial charge in [0.1, 0.15) is 18.1 Å². The minimum absolute atomic E-state index is 0.118. The minimum Gasteiger partial charge on any atom is -0.488 e. The van der Waals surface area contributed by atoms with Crippen LogP contribution in [0.25, 0.3) is 0 Å². The van der Waals surface area contributed by atoms with E-state index >= 15 is 0 Å². The van der Waals surface area contributed by atoms with E-state index in [-0.39, 0.29) is 5.91 Å². The Morgan fingerprint density at radius 1 is 1.00 bits per heavy atom. The van der Waals surface area contributed by atoms with E-state index in [4.69, 9.17) is 9.15 Å². The molecular weight excluding hydrogens is 346 g/mol. The minimum atomic E-state index is -0.118. The molecule has 0 spiro atoms. The zero-order valence-corrected chi connectivity index (χ0v) is 15.2. The van der Waals surface area contributed by atoms with Crippen LogP contribution >= 0.6 is 11.8 Å². The van der Waals surface area contributed by atoms with Gasteiger partial charge in [0, 0.05) is 12.3 Å². The summed E-state index contributed by atoms with van der Waals surface area (Å²) in [5, 5.41) is 2.95. The molecule has 5 heteroatoms. The molecule has 1 N–H and O–H groups in total. The topological polar surface area (TPSA) is 51.5 Å². The smallest absolute Gasteiger partial charge is 0.255 e. The molecule has 0 radical (unpaired) electrons. The molecular formula is C21H21NO3S. The molecule has 0 atom stereocenters. The van der Waals surface area contributed by atoms with Crippen molar-refractivity contribution in [3.05, 3.63) is 89.9 Å². The molecule has 0 fully saturated rings. The first kappa shape index (κ1) is 18.1. The van der Waals surface area contributed by atoms with Crippen LogP contribution in [-0.4, -0.2) is 18.2 Å². The molecule has 0 saturated carbocycles. The lowest BCUT2D eigenvalue weighted by molar-refractivity contribution is 0.0951. The van der Waals surface area contributed by atoms with Gasteiger partial charge in [0.25, 0.3) is 5.91 Å². The molecule has 0 bridgehead atoms. The normalized spacial score (nSPS) is 10.5. The maximum absolute atomic E-state index is 12.4. The Morgan fingerprint density at radius 3 is 2.62 bits per heavy atom. The van der Waals surface area contributed by atoms with Crippen LogP contribution in [0.4, 0.5) is 0 Å². The summed E-state index contributed by atoms with van der Waals surface area (Å²) in [6, 6.07) is 21.1. The van der Waals surface area contributed by atoms with E-state index < -0.39 is 0 Å². The maximum atomic E-state index is 12.4. The number of amides is 1. The van der Waals surface area contributed by atoms with Gasteiger partial charge in [-0.3, -0.25) is 4.79 Å². The van der Waals surface area contributed by atoms with Crippen LogP contribution in [0.2, 0.25) is 0 Å². The molecule has 3 aromatic rings. The third-order valence-corrected chi connectivity index (χ3v) is 4.71. The SMILES string of the molecule is O=C(NCCSCc1ccco1)c1ccccc1OCc1ccccc1. The van der Waals surface area contributed by atoms with Crippen molar-refractivity contribution in [1.82, 2.24) is 5.32 Å². The average molecular weight is 367 g/mol. The van der Waals surface area contributed by atoms with E-state index in [0.29, 0.717) is 24.5 Å². The Hall–Kier alpha value is -2.66. The number of furan rings is 1. The van der Waals surface area contributed by atoms with Crippen molar-refractivity contribution < 1.29 is 13.9 Å². The number of hydrogen-bond acceptors (Lipinski definition) is 4. The molecule has 0 saturated heterocycles. The third kappa shape index (κ3) is 5.43. The van der Waals surface area contributed by atoms with Gasteiger partial charge in [-0.2, -0.15) is 11.8 Å². The highest BCUT2D eigenvalue weighted by molar-refractivity contribution is 7.98. The van der Waals surface area contributed by atoms with Crippen molar-refractivity contribution in [1.29, 1.82) is 0 Å². The van der Waals surface area contributed by atoms with Crippen molar-refractivity contribution >= 4 is 17.7 Å². The Balaban J connectivity index is 1.47. The second-order valence-electron chi connectivity index (χ2n) is 5.66. The van der Waals surface area contributed by atoms with Crippen molar-refractivity contribution in [3.8, 4) is 5.75 Å². The van der Waals surface area contributed by atoms with E-state index in [1.165, 1.54) is 0 Å². The van der Waals surface area contributed by atoms with Crippen molar-refractivity contribution in [2.24, 2.45) is 0 Å². The van der Waals surface area contributed by atoms with E-state index in [2.05, 4.69) is 5.32 Å². The molecule has 3 rings (SSSR count). The first-order valence-corrected chi connectivity index (χ1v) is 9.62. The molecule has 134 valence electrons. The quantitative estimate of drug-likeness (QED) is 0.565. The van der Waals surface area contributed by atoms with Crippen LogP contribution in [0.5, 0.6) is 5.75 Å². The largest absolute Gasteiger partial charge is 0.488 e. The van der Waals surface area contributed by atoms with Gasteiger partial charge < -0.3 is 14.5 Å². The molecule has 0 aliphatic heterocycles. The first-order chi connectivity index (χ1) is 12.8. The molecule has 1 heterocycles. The lowest BCUT2D eigenvalue weighted by Gasteiger charge is -2.11. The lowest BCUT2D eigenvalue weighted by atomic mass is 10.2. The van der Waals surface area contributed by atoms with Crippen LogP contribution in [0.3, 0.4) is 0 Å². The standard InChI is InChI=1S/C21H21NO3S/c23-21(22-12-14-26-16-18-9-6-13-24-18)19-10-4-5-11-20(19)25-15-17-7-2-1-3-8-17/h1-11,13H,12,14-16H2,(H,22,23). The fourth-order valence-corrected chi connectivity index (χ4v) is 3.17. The zero-order valence-electron chi connectivity index (χ0n) is 14.4. The highest BCUT2D eigenvalue weighted by Gasteiger charge is 2.11. The summed E-state index contributed by atoms with van der Waals surface area (Å²) < 4.78 is 11.1. The molecule has 1 aromatic heterocycles. The van der Waals surface area contributed by atoms with Gasteiger partial charge >= 0.3 is 0 Å². The van der Waals surface area contributed by atoms with Gasteiger partial charge in [-0.15, -0.1) is 0 Å². The zero-order chi connectivity index (χ0) is 18.0. The average Bonchev–Trinajstić information content (AvgIpc) is 3.20. The number of para-hydroxylation sites is 1. The van der Waals surface area contributed by atoms with Crippen molar-refractivity contribution in [2.75, 3.05) is 12.3 Å². The molecule has 4 nitrogen and oxygen atoms in total. The first-order valence-electron chi connectivity index (χ1n) is 8.47. The van der Waals surface area contributed by atoms with E-state index in [1.807, 2.05) is 60.7 Å². The molecule has 0 aliphatic carbocycles. The molecule has 26 heavy (non-hydrogen) atoms. The van der Waals surface area contributed by atoms with Crippen LogP contribution in [0, 0.1) is 0 Å². The third-order valence-electron chi connectivity index (χ3n) is 3.73. The number of nitrogens with one attached hydrogen (secondary N) is 1. The van der Waals surface area contributed by atoms with Crippen LogP contribution in [-0.2, 0) is 12.4 Å². The summed E-state index contributed by atoms with van der Waals surface area (Å²) >= 11 is 1.72. The summed E-state index contributed by atoms with van der Waals surface area (Å²) in [5.74, 6) is 3.05. The van der Waals surface area contributed by atoms with Crippen molar-refractivity contribution in [2.45, 2.75) is 12.4 Å². The number of benzene rings is 2. The van der Waals surface area contributed by atoms with E-state index in [1.54, 1.807) is 24.1 Å². The van der Waals surface area contributed by atoms with Gasteiger partial charge in [0.05, 0.1) is 17.6 Å². The number of carbonyl (C=O) groups is 1. The molecule has 1 amide bonds. The van der Waals surface area contributed by atoms with Gasteiger partial charge in [0.2, 0.25) is 0 Å². The summed E-state index contributed by atoms with van der Waals surface area (Å²) in [4.78, 5) is 12.4. The van der Waals surface area contributed by atoms with Gasteiger partial charge in [0.15, 0.2) is 0 Å². The fraction of sp³-hybridized carbons (Fsp3) is 0.190. The second kappa shape index (κ2) is 9.73. The molecule has 0 unspecified atom stereocenters. The molecule has 2 aromatic carbocycles. The highest BCUT2D eigenvalue weighted by atomic mass is 32.2. The fourth-order valence-electron chi connectivity index (χ4n) is 2.41. The van der Waals surface area contributed by atoms with Crippen LogP contribution in [0.15, 0.2) is 77.4 Å². The lowest BCUT2D eigenvalue weighted by Crippen LogP contribution is -2.26. The highest BCUT2D eigenvalue weighted by Crippen LogP contribution is 2.19. The van der Waals surface area contributed by atoms with E-state index in [0.717, 1.165) is 22.8 Å². The Labute approximate surface area is 157 Å². The predicted octanol–water partition coefficient (Wildman–Crippen LogP) is 4.52.